The smallest absolute Gasteiger partial charge is 0.0619 e. The molecule has 0 radical (unpaired) electrons. The summed E-state index contributed by atoms with van der Waals surface area (Å²) in [5.74, 6) is 1.50. The van der Waals surface area contributed by atoms with Crippen LogP contribution in [0, 0.1) is 11.8 Å². The Morgan fingerprint density at radius 1 is 1.25 bits per heavy atom. The summed E-state index contributed by atoms with van der Waals surface area (Å²) in [7, 11) is 0. The zero-order chi connectivity index (χ0) is 11.5. The summed E-state index contributed by atoms with van der Waals surface area (Å²) in [6.07, 6.45) is 5.04. The monoisotopic (exact) mass is 236 g/mol. The van der Waals surface area contributed by atoms with Crippen molar-refractivity contribution in [2.45, 2.75) is 44.9 Å². The Morgan fingerprint density at radius 3 is 2.56 bits per heavy atom. The first-order chi connectivity index (χ1) is 7.76. The molecule has 0 aromatic heterocycles. The first-order valence-corrected chi connectivity index (χ1v) is 6.91. The standard InChI is InChI=1S/C15H21Cl/c1-3-11(4-2)9-13-10-12-7-5-6-8-14(12)15(13)16/h5-8,11,13,15H,3-4,9-10H2,1-2H3. The third-order valence-corrected chi connectivity index (χ3v) is 4.63. The van der Waals surface area contributed by atoms with E-state index >= 15 is 0 Å². The minimum atomic E-state index is 0.247. The molecule has 0 saturated carbocycles. The van der Waals surface area contributed by atoms with Crippen LogP contribution >= 0.6 is 11.6 Å². The van der Waals surface area contributed by atoms with Crippen molar-refractivity contribution in [3.63, 3.8) is 0 Å². The van der Waals surface area contributed by atoms with Gasteiger partial charge in [-0.1, -0.05) is 51.0 Å². The number of rotatable bonds is 4. The van der Waals surface area contributed by atoms with Gasteiger partial charge in [-0.2, -0.15) is 0 Å². The van der Waals surface area contributed by atoms with Crippen LogP contribution in [0.4, 0.5) is 0 Å². The van der Waals surface area contributed by atoms with Crippen molar-refractivity contribution in [2.24, 2.45) is 11.8 Å². The molecule has 2 rings (SSSR count). The zero-order valence-electron chi connectivity index (χ0n) is 10.2. The van der Waals surface area contributed by atoms with Crippen molar-refractivity contribution in [2.75, 3.05) is 0 Å². The number of hydrogen-bond donors (Lipinski definition) is 0. The van der Waals surface area contributed by atoms with E-state index in [9.17, 15) is 0 Å². The van der Waals surface area contributed by atoms with Crippen molar-refractivity contribution in [3.8, 4) is 0 Å². The Hall–Kier alpha value is -0.490. The fourth-order valence-corrected chi connectivity index (χ4v) is 3.29. The van der Waals surface area contributed by atoms with Crippen LogP contribution < -0.4 is 0 Å². The lowest BCUT2D eigenvalue weighted by atomic mass is 9.89. The van der Waals surface area contributed by atoms with Crippen molar-refractivity contribution in [1.29, 1.82) is 0 Å². The van der Waals surface area contributed by atoms with Gasteiger partial charge in [0.25, 0.3) is 0 Å². The summed E-state index contributed by atoms with van der Waals surface area (Å²) in [6.45, 7) is 4.58. The van der Waals surface area contributed by atoms with Gasteiger partial charge in [-0.15, -0.1) is 11.6 Å². The molecule has 0 spiro atoms. The number of alkyl halides is 1. The predicted octanol–water partition coefficient (Wildman–Crippen LogP) is 4.97. The van der Waals surface area contributed by atoms with Gasteiger partial charge >= 0.3 is 0 Å². The molecule has 0 N–H and O–H groups in total. The number of halogens is 1. The maximum Gasteiger partial charge on any atom is 0.0619 e. The van der Waals surface area contributed by atoms with Gasteiger partial charge in [0.2, 0.25) is 0 Å². The summed E-state index contributed by atoms with van der Waals surface area (Å²) in [4.78, 5) is 0. The maximum absolute atomic E-state index is 6.57. The van der Waals surface area contributed by atoms with Gasteiger partial charge in [0, 0.05) is 0 Å². The van der Waals surface area contributed by atoms with E-state index in [0.717, 1.165) is 5.92 Å². The van der Waals surface area contributed by atoms with E-state index in [0.29, 0.717) is 5.92 Å². The van der Waals surface area contributed by atoms with Gasteiger partial charge < -0.3 is 0 Å². The predicted molar refractivity (Wildman–Crippen MR) is 70.9 cm³/mol. The molecule has 0 fully saturated rings. The quantitative estimate of drug-likeness (QED) is 0.648. The molecule has 1 aliphatic carbocycles. The number of benzene rings is 1. The van der Waals surface area contributed by atoms with Gasteiger partial charge in [-0.3, -0.25) is 0 Å². The summed E-state index contributed by atoms with van der Waals surface area (Å²) in [5, 5.41) is 0.247. The van der Waals surface area contributed by atoms with Crippen LogP contribution in [-0.2, 0) is 6.42 Å². The largest absolute Gasteiger partial charge is 0.117 e. The Kier molecular flexibility index (Phi) is 3.91. The molecule has 16 heavy (non-hydrogen) atoms. The van der Waals surface area contributed by atoms with Gasteiger partial charge in [-0.05, 0) is 35.8 Å². The van der Waals surface area contributed by atoms with Crippen molar-refractivity contribution < 1.29 is 0 Å². The van der Waals surface area contributed by atoms with E-state index < -0.39 is 0 Å². The number of fused-ring (bicyclic) bond motifs is 1. The molecule has 0 heterocycles. The second kappa shape index (κ2) is 5.23. The van der Waals surface area contributed by atoms with E-state index in [-0.39, 0.29) is 5.38 Å². The molecule has 0 bridgehead atoms. The lowest BCUT2D eigenvalue weighted by Crippen LogP contribution is -2.09. The average Bonchev–Trinajstić information content (AvgIpc) is 2.64. The summed E-state index contributed by atoms with van der Waals surface area (Å²) < 4.78 is 0. The van der Waals surface area contributed by atoms with Crippen LogP contribution in [-0.4, -0.2) is 0 Å². The second-order valence-corrected chi connectivity index (χ2v) is 5.45. The highest BCUT2D eigenvalue weighted by atomic mass is 35.5. The van der Waals surface area contributed by atoms with E-state index in [2.05, 4.69) is 38.1 Å². The molecule has 2 atom stereocenters. The lowest BCUT2D eigenvalue weighted by Gasteiger charge is -2.20. The maximum atomic E-state index is 6.57. The molecular formula is C15H21Cl. The van der Waals surface area contributed by atoms with Crippen molar-refractivity contribution >= 4 is 11.6 Å². The SMILES string of the molecule is CCC(CC)CC1Cc2ccccc2C1Cl. The number of hydrogen-bond acceptors (Lipinski definition) is 0. The molecule has 1 aromatic rings. The van der Waals surface area contributed by atoms with Crippen LogP contribution in [0.1, 0.15) is 49.6 Å². The van der Waals surface area contributed by atoms with Crippen LogP contribution in [0.25, 0.3) is 0 Å². The highest BCUT2D eigenvalue weighted by Gasteiger charge is 2.31. The molecule has 1 heteroatoms. The van der Waals surface area contributed by atoms with E-state index in [1.807, 2.05) is 0 Å². The van der Waals surface area contributed by atoms with E-state index in [1.54, 1.807) is 0 Å². The molecule has 1 aliphatic rings. The minimum absolute atomic E-state index is 0.247. The summed E-state index contributed by atoms with van der Waals surface area (Å²) in [6, 6.07) is 8.66. The van der Waals surface area contributed by atoms with Gasteiger partial charge in [0.1, 0.15) is 0 Å². The normalized spacial score (nSPS) is 23.8. The minimum Gasteiger partial charge on any atom is -0.117 e. The molecule has 0 amide bonds. The molecule has 0 aliphatic heterocycles. The Bertz CT molecular complexity index is 341. The highest BCUT2D eigenvalue weighted by molar-refractivity contribution is 6.21. The summed E-state index contributed by atoms with van der Waals surface area (Å²) >= 11 is 6.57. The van der Waals surface area contributed by atoms with Crippen molar-refractivity contribution in [1.82, 2.24) is 0 Å². The summed E-state index contributed by atoms with van der Waals surface area (Å²) in [5.41, 5.74) is 2.85. The molecule has 0 nitrogen and oxygen atoms in total. The zero-order valence-corrected chi connectivity index (χ0v) is 11.0. The fraction of sp³-hybridized carbons (Fsp3) is 0.600. The van der Waals surface area contributed by atoms with Crippen LogP contribution in [0.2, 0.25) is 0 Å². The highest BCUT2D eigenvalue weighted by Crippen LogP contribution is 2.44. The Balaban J connectivity index is 2.06. The molecule has 2 unspecified atom stereocenters. The molecule has 88 valence electrons. The first-order valence-electron chi connectivity index (χ1n) is 6.48. The Labute approximate surface area is 104 Å². The third kappa shape index (κ3) is 2.27. The van der Waals surface area contributed by atoms with Gasteiger partial charge in [0.15, 0.2) is 0 Å². The topological polar surface area (TPSA) is 0 Å². The fourth-order valence-electron chi connectivity index (χ4n) is 2.88. The van der Waals surface area contributed by atoms with Gasteiger partial charge in [-0.25, -0.2) is 0 Å². The van der Waals surface area contributed by atoms with Crippen LogP contribution in [0.3, 0.4) is 0 Å². The van der Waals surface area contributed by atoms with E-state index in [4.69, 9.17) is 11.6 Å². The molecular weight excluding hydrogens is 216 g/mol. The van der Waals surface area contributed by atoms with Crippen molar-refractivity contribution in [3.05, 3.63) is 35.4 Å². The average molecular weight is 237 g/mol. The Morgan fingerprint density at radius 2 is 1.94 bits per heavy atom. The molecule has 1 aromatic carbocycles. The van der Waals surface area contributed by atoms with Crippen LogP contribution in [0.15, 0.2) is 24.3 Å². The van der Waals surface area contributed by atoms with Gasteiger partial charge in [0.05, 0.1) is 5.38 Å². The van der Waals surface area contributed by atoms with Crippen LogP contribution in [0.5, 0.6) is 0 Å². The third-order valence-electron chi connectivity index (χ3n) is 4.04. The second-order valence-electron chi connectivity index (χ2n) is 4.98. The molecule has 0 saturated heterocycles. The van der Waals surface area contributed by atoms with E-state index in [1.165, 1.54) is 36.8 Å². The lowest BCUT2D eigenvalue weighted by molar-refractivity contribution is 0.357. The first kappa shape index (κ1) is 12.0.